The van der Waals surface area contributed by atoms with Crippen molar-refractivity contribution in [3.8, 4) is 5.75 Å². The average molecular weight is 274 g/mol. The molecule has 2 nitrogen and oxygen atoms in total. The lowest BCUT2D eigenvalue weighted by Gasteiger charge is -2.14. The highest BCUT2D eigenvalue weighted by Gasteiger charge is 2.17. The van der Waals surface area contributed by atoms with Crippen LogP contribution in [0.15, 0.2) is 35.7 Å². The number of thiophene rings is 1. The van der Waals surface area contributed by atoms with E-state index in [2.05, 4.69) is 0 Å². The fourth-order valence-corrected chi connectivity index (χ4v) is 2.35. The molecule has 0 aliphatic rings. The smallest absolute Gasteiger partial charge is 0.165 e. The van der Waals surface area contributed by atoms with Gasteiger partial charge in [-0.25, -0.2) is 4.39 Å². The van der Waals surface area contributed by atoms with E-state index in [0.717, 1.165) is 4.88 Å². The van der Waals surface area contributed by atoms with Crippen molar-refractivity contribution < 1.29 is 9.13 Å². The van der Waals surface area contributed by atoms with Crippen molar-refractivity contribution >= 4 is 23.7 Å². The van der Waals surface area contributed by atoms with E-state index in [1.165, 1.54) is 13.2 Å². The Hall–Kier alpha value is -1.10. The molecule has 5 heteroatoms. The minimum atomic E-state index is -0.382. The van der Waals surface area contributed by atoms with Gasteiger partial charge in [-0.3, -0.25) is 0 Å². The van der Waals surface area contributed by atoms with Crippen LogP contribution in [0.5, 0.6) is 5.75 Å². The lowest BCUT2D eigenvalue weighted by Crippen LogP contribution is -2.12. The van der Waals surface area contributed by atoms with E-state index in [1.54, 1.807) is 23.5 Å². The molecule has 0 spiro atoms. The monoisotopic (exact) mass is 273 g/mol. The summed E-state index contributed by atoms with van der Waals surface area (Å²) in [5.74, 6) is -0.157. The predicted molar refractivity (Wildman–Crippen MR) is 70.5 cm³/mol. The van der Waals surface area contributed by atoms with Crippen molar-refractivity contribution in [3.05, 3.63) is 52.0 Å². The van der Waals surface area contributed by atoms with Crippen LogP contribution >= 0.6 is 23.7 Å². The van der Waals surface area contributed by atoms with Gasteiger partial charge in [-0.15, -0.1) is 23.7 Å². The summed E-state index contributed by atoms with van der Waals surface area (Å²) >= 11 is 1.55. The second-order valence-corrected chi connectivity index (χ2v) is 4.33. The molecule has 1 aromatic heterocycles. The Labute approximate surface area is 110 Å². The lowest BCUT2D eigenvalue weighted by atomic mass is 10.0. The molecule has 1 atom stereocenters. The van der Waals surface area contributed by atoms with Gasteiger partial charge in [0.15, 0.2) is 11.6 Å². The first kappa shape index (κ1) is 14.0. The second-order valence-electron chi connectivity index (χ2n) is 3.36. The molecule has 0 aliphatic heterocycles. The van der Waals surface area contributed by atoms with Crippen LogP contribution in [0, 0.1) is 5.82 Å². The molecule has 1 aromatic carbocycles. The molecule has 0 bridgehead atoms. The Morgan fingerprint density at radius 2 is 2.06 bits per heavy atom. The third kappa shape index (κ3) is 2.77. The van der Waals surface area contributed by atoms with E-state index in [4.69, 9.17) is 10.5 Å². The zero-order chi connectivity index (χ0) is 11.5. The number of para-hydroxylation sites is 1. The van der Waals surface area contributed by atoms with E-state index in [1.807, 2.05) is 17.5 Å². The zero-order valence-corrected chi connectivity index (χ0v) is 10.9. The molecule has 0 amide bonds. The van der Waals surface area contributed by atoms with Gasteiger partial charge in [0.1, 0.15) is 0 Å². The number of halogens is 2. The third-order valence-corrected chi connectivity index (χ3v) is 3.34. The SMILES string of the molecule is COc1c(F)cccc1[C@H](N)c1cccs1.Cl. The number of methoxy groups -OCH3 is 1. The Morgan fingerprint density at radius 1 is 1.29 bits per heavy atom. The van der Waals surface area contributed by atoms with Gasteiger partial charge >= 0.3 is 0 Å². The van der Waals surface area contributed by atoms with Crippen molar-refractivity contribution in [2.45, 2.75) is 6.04 Å². The first-order valence-electron chi connectivity index (χ1n) is 4.85. The van der Waals surface area contributed by atoms with E-state index in [9.17, 15) is 4.39 Å². The van der Waals surface area contributed by atoms with E-state index < -0.39 is 0 Å². The molecule has 0 unspecified atom stereocenters. The van der Waals surface area contributed by atoms with Crippen molar-refractivity contribution in [2.75, 3.05) is 7.11 Å². The van der Waals surface area contributed by atoms with Gasteiger partial charge in [0.25, 0.3) is 0 Å². The number of nitrogens with two attached hydrogens (primary N) is 1. The molecule has 0 fully saturated rings. The van der Waals surface area contributed by atoms with Gasteiger partial charge in [0, 0.05) is 10.4 Å². The molecule has 17 heavy (non-hydrogen) atoms. The van der Waals surface area contributed by atoms with Crippen LogP contribution in [0.3, 0.4) is 0 Å². The van der Waals surface area contributed by atoms with Crippen molar-refractivity contribution in [2.24, 2.45) is 5.73 Å². The van der Waals surface area contributed by atoms with Crippen LogP contribution in [0.1, 0.15) is 16.5 Å². The zero-order valence-electron chi connectivity index (χ0n) is 9.22. The summed E-state index contributed by atoms with van der Waals surface area (Å²) in [5.41, 5.74) is 6.74. The molecule has 0 saturated carbocycles. The highest BCUT2D eigenvalue weighted by molar-refractivity contribution is 7.10. The Bertz CT molecular complexity index is 475. The van der Waals surface area contributed by atoms with E-state index in [0.29, 0.717) is 5.56 Å². The number of hydrogen-bond donors (Lipinski definition) is 1. The molecular weight excluding hydrogens is 261 g/mol. The Balaban J connectivity index is 0.00000144. The fourth-order valence-electron chi connectivity index (χ4n) is 1.61. The van der Waals surface area contributed by atoms with Crippen LogP contribution in [0.2, 0.25) is 0 Å². The highest BCUT2D eigenvalue weighted by atomic mass is 35.5. The van der Waals surface area contributed by atoms with Gasteiger partial charge in [-0.05, 0) is 17.5 Å². The maximum Gasteiger partial charge on any atom is 0.165 e. The molecule has 92 valence electrons. The maximum atomic E-state index is 13.5. The largest absolute Gasteiger partial charge is 0.493 e. The minimum absolute atomic E-state index is 0. The topological polar surface area (TPSA) is 35.2 Å². The van der Waals surface area contributed by atoms with Crippen molar-refractivity contribution in [1.29, 1.82) is 0 Å². The summed E-state index contributed by atoms with van der Waals surface area (Å²) in [6.45, 7) is 0. The average Bonchev–Trinajstić information content (AvgIpc) is 2.81. The number of benzene rings is 1. The molecule has 2 aromatic rings. The first-order chi connectivity index (χ1) is 7.74. The molecular formula is C12H13ClFNOS. The molecule has 2 rings (SSSR count). The summed E-state index contributed by atoms with van der Waals surface area (Å²) < 4.78 is 18.5. The minimum Gasteiger partial charge on any atom is -0.493 e. The summed E-state index contributed by atoms with van der Waals surface area (Å²) in [6.07, 6.45) is 0. The molecule has 0 radical (unpaired) electrons. The lowest BCUT2D eigenvalue weighted by molar-refractivity contribution is 0.380. The van der Waals surface area contributed by atoms with Gasteiger partial charge in [0.05, 0.1) is 13.2 Å². The normalized spacial score (nSPS) is 11.7. The maximum absolute atomic E-state index is 13.5. The van der Waals surface area contributed by atoms with Crippen LogP contribution in [0.25, 0.3) is 0 Å². The summed E-state index contributed by atoms with van der Waals surface area (Å²) in [6, 6.07) is 8.30. The van der Waals surface area contributed by atoms with Gasteiger partial charge in [-0.1, -0.05) is 18.2 Å². The quantitative estimate of drug-likeness (QED) is 0.931. The number of rotatable bonds is 3. The van der Waals surface area contributed by atoms with Gasteiger partial charge in [-0.2, -0.15) is 0 Å². The summed E-state index contributed by atoms with van der Waals surface area (Å²) in [5, 5.41) is 1.95. The van der Waals surface area contributed by atoms with Crippen LogP contribution < -0.4 is 10.5 Å². The summed E-state index contributed by atoms with van der Waals surface area (Å²) in [4.78, 5) is 0.990. The number of ether oxygens (including phenoxy) is 1. The fraction of sp³-hybridized carbons (Fsp3) is 0.167. The van der Waals surface area contributed by atoms with Gasteiger partial charge in [0.2, 0.25) is 0 Å². The molecule has 2 N–H and O–H groups in total. The molecule has 0 aliphatic carbocycles. The van der Waals surface area contributed by atoms with Crippen LogP contribution in [0.4, 0.5) is 4.39 Å². The highest BCUT2D eigenvalue weighted by Crippen LogP contribution is 2.32. The van der Waals surface area contributed by atoms with E-state index >= 15 is 0 Å². The standard InChI is InChI=1S/C12H12FNOS.ClH/c1-15-12-8(4-2-5-9(12)13)11(14)10-6-3-7-16-10;/h2-7,11H,14H2,1H3;1H/t11-;/m0./s1. The second kappa shape index (κ2) is 6.00. The van der Waals surface area contributed by atoms with E-state index in [-0.39, 0.29) is 30.0 Å². The molecule has 0 saturated heterocycles. The third-order valence-electron chi connectivity index (χ3n) is 2.39. The van der Waals surface area contributed by atoms with Crippen LogP contribution in [-0.2, 0) is 0 Å². The first-order valence-corrected chi connectivity index (χ1v) is 5.73. The Morgan fingerprint density at radius 3 is 2.65 bits per heavy atom. The van der Waals surface area contributed by atoms with Crippen LogP contribution in [-0.4, -0.2) is 7.11 Å². The predicted octanol–water partition coefficient (Wildman–Crippen LogP) is 3.37. The van der Waals surface area contributed by atoms with Crippen molar-refractivity contribution in [1.82, 2.24) is 0 Å². The van der Waals surface area contributed by atoms with Crippen molar-refractivity contribution in [3.63, 3.8) is 0 Å². The number of hydrogen-bond acceptors (Lipinski definition) is 3. The van der Waals surface area contributed by atoms with Gasteiger partial charge < -0.3 is 10.5 Å². The molecule has 1 heterocycles. The Kier molecular flexibility index (Phi) is 4.93. The summed E-state index contributed by atoms with van der Waals surface area (Å²) in [7, 11) is 1.45.